The number of hydrogen-bond donors (Lipinski definition) is 2. The molecule has 1 heterocycles. The lowest BCUT2D eigenvalue weighted by atomic mass is 10.1. The first-order valence-corrected chi connectivity index (χ1v) is 7.10. The van der Waals surface area contributed by atoms with Crippen molar-refractivity contribution in [2.75, 3.05) is 13.7 Å². The van der Waals surface area contributed by atoms with Crippen molar-refractivity contribution in [1.29, 1.82) is 0 Å². The van der Waals surface area contributed by atoms with E-state index in [0.29, 0.717) is 6.04 Å². The third kappa shape index (κ3) is 3.72. The van der Waals surface area contributed by atoms with Crippen LogP contribution >= 0.6 is 11.6 Å². The van der Waals surface area contributed by atoms with Gasteiger partial charge >= 0.3 is 0 Å². The number of H-pyrrole nitrogens is 1. The van der Waals surface area contributed by atoms with Gasteiger partial charge in [-0.05, 0) is 24.1 Å². The van der Waals surface area contributed by atoms with E-state index in [9.17, 15) is 0 Å². The van der Waals surface area contributed by atoms with E-state index in [1.807, 2.05) is 18.3 Å². The van der Waals surface area contributed by atoms with Gasteiger partial charge in [-0.25, -0.2) is 0 Å². The molecule has 3 nitrogen and oxygen atoms in total. The maximum absolute atomic E-state index is 5.99. The van der Waals surface area contributed by atoms with Gasteiger partial charge in [0.05, 0.1) is 6.61 Å². The van der Waals surface area contributed by atoms with E-state index in [-0.39, 0.29) is 0 Å². The maximum atomic E-state index is 5.99. The average molecular weight is 281 g/mol. The third-order valence-electron chi connectivity index (χ3n) is 3.32. The molecule has 0 aliphatic rings. The van der Waals surface area contributed by atoms with Crippen LogP contribution < -0.4 is 5.32 Å². The van der Waals surface area contributed by atoms with Gasteiger partial charge < -0.3 is 15.0 Å². The van der Waals surface area contributed by atoms with E-state index in [1.165, 1.54) is 10.9 Å². The van der Waals surface area contributed by atoms with Crippen LogP contribution in [-0.2, 0) is 11.3 Å². The van der Waals surface area contributed by atoms with Crippen LogP contribution in [-0.4, -0.2) is 24.7 Å². The lowest BCUT2D eigenvalue weighted by Crippen LogP contribution is -2.32. The fourth-order valence-corrected chi connectivity index (χ4v) is 2.53. The number of halogens is 1. The average Bonchev–Trinajstić information content (AvgIpc) is 2.78. The molecule has 0 aliphatic heterocycles. The Morgan fingerprint density at radius 2 is 2.26 bits per heavy atom. The summed E-state index contributed by atoms with van der Waals surface area (Å²) < 4.78 is 5.24. The predicted octanol–water partition coefficient (Wildman–Crippen LogP) is 3.73. The summed E-state index contributed by atoms with van der Waals surface area (Å²) >= 11 is 5.99. The zero-order valence-corrected chi connectivity index (χ0v) is 12.3. The highest BCUT2D eigenvalue weighted by molar-refractivity contribution is 6.31. The maximum Gasteiger partial charge on any atom is 0.0615 e. The Morgan fingerprint density at radius 1 is 1.42 bits per heavy atom. The van der Waals surface area contributed by atoms with Crippen LogP contribution in [0.25, 0.3) is 10.9 Å². The van der Waals surface area contributed by atoms with Gasteiger partial charge in [-0.1, -0.05) is 31.0 Å². The monoisotopic (exact) mass is 280 g/mol. The minimum atomic E-state index is 0.409. The van der Waals surface area contributed by atoms with Crippen molar-refractivity contribution in [3.63, 3.8) is 0 Å². The summed E-state index contributed by atoms with van der Waals surface area (Å²) in [6.07, 6.45) is 4.33. The molecule has 2 aromatic rings. The molecule has 0 fully saturated rings. The predicted molar refractivity (Wildman–Crippen MR) is 80.7 cm³/mol. The molecule has 0 radical (unpaired) electrons. The Labute approximate surface area is 119 Å². The number of rotatable bonds is 7. The summed E-state index contributed by atoms with van der Waals surface area (Å²) in [7, 11) is 1.75. The topological polar surface area (TPSA) is 37.0 Å². The molecule has 0 saturated heterocycles. The van der Waals surface area contributed by atoms with Crippen molar-refractivity contribution in [3.8, 4) is 0 Å². The Hall–Kier alpha value is -1.03. The molecule has 2 rings (SSSR count). The highest BCUT2D eigenvalue weighted by atomic mass is 35.5. The lowest BCUT2D eigenvalue weighted by Gasteiger charge is -2.16. The van der Waals surface area contributed by atoms with Crippen molar-refractivity contribution >= 4 is 22.5 Å². The van der Waals surface area contributed by atoms with Gasteiger partial charge in [-0.3, -0.25) is 0 Å². The van der Waals surface area contributed by atoms with E-state index in [4.69, 9.17) is 16.3 Å². The number of methoxy groups -OCH3 is 1. The summed E-state index contributed by atoms with van der Waals surface area (Å²) in [6.45, 7) is 3.79. The highest BCUT2D eigenvalue weighted by Gasteiger charge is 2.09. The van der Waals surface area contributed by atoms with Crippen molar-refractivity contribution < 1.29 is 4.74 Å². The summed E-state index contributed by atoms with van der Waals surface area (Å²) in [5, 5.41) is 5.54. The van der Waals surface area contributed by atoms with Crippen LogP contribution in [0.2, 0.25) is 5.02 Å². The Balaban J connectivity index is 2.04. The molecule has 1 unspecified atom stereocenters. The molecule has 0 spiro atoms. The minimum Gasteiger partial charge on any atom is -0.383 e. The first kappa shape index (κ1) is 14.4. The molecule has 4 heteroatoms. The number of hydrogen-bond acceptors (Lipinski definition) is 2. The molecule has 0 aliphatic carbocycles. The fraction of sp³-hybridized carbons (Fsp3) is 0.467. The first-order chi connectivity index (χ1) is 9.24. The van der Waals surface area contributed by atoms with Gasteiger partial charge in [0, 0.05) is 41.8 Å². The molecule has 104 valence electrons. The van der Waals surface area contributed by atoms with Gasteiger partial charge in [0.1, 0.15) is 0 Å². The molecule has 0 amide bonds. The molecular formula is C15H21ClN2O. The molecule has 2 N–H and O–H groups in total. The SMILES string of the molecule is CCCC(COC)NCc1c[nH]c2cc(Cl)ccc12. The van der Waals surface area contributed by atoms with E-state index in [2.05, 4.69) is 23.3 Å². The Kier molecular flexibility index (Phi) is 5.25. The fourth-order valence-electron chi connectivity index (χ4n) is 2.35. The first-order valence-electron chi connectivity index (χ1n) is 6.72. The lowest BCUT2D eigenvalue weighted by molar-refractivity contribution is 0.161. The molecular weight excluding hydrogens is 260 g/mol. The van der Waals surface area contributed by atoms with Crippen molar-refractivity contribution in [3.05, 3.63) is 35.0 Å². The van der Waals surface area contributed by atoms with Crippen LogP contribution in [0.3, 0.4) is 0 Å². The second-order valence-corrected chi connectivity index (χ2v) is 5.26. The van der Waals surface area contributed by atoms with Crippen LogP contribution in [0.15, 0.2) is 24.4 Å². The quantitative estimate of drug-likeness (QED) is 0.811. The van der Waals surface area contributed by atoms with Crippen molar-refractivity contribution in [2.24, 2.45) is 0 Å². The van der Waals surface area contributed by atoms with Crippen LogP contribution in [0.1, 0.15) is 25.3 Å². The molecule has 1 atom stereocenters. The van der Waals surface area contributed by atoms with Crippen molar-refractivity contribution in [1.82, 2.24) is 10.3 Å². The van der Waals surface area contributed by atoms with Crippen LogP contribution in [0.5, 0.6) is 0 Å². The number of aromatic nitrogens is 1. The Bertz CT molecular complexity index is 518. The zero-order chi connectivity index (χ0) is 13.7. The van der Waals surface area contributed by atoms with Gasteiger partial charge in [0.2, 0.25) is 0 Å². The summed E-state index contributed by atoms with van der Waals surface area (Å²) in [5.74, 6) is 0. The largest absolute Gasteiger partial charge is 0.383 e. The number of fused-ring (bicyclic) bond motifs is 1. The highest BCUT2D eigenvalue weighted by Crippen LogP contribution is 2.22. The van der Waals surface area contributed by atoms with Crippen LogP contribution in [0, 0.1) is 0 Å². The van der Waals surface area contributed by atoms with E-state index < -0.39 is 0 Å². The molecule has 1 aromatic heterocycles. The van der Waals surface area contributed by atoms with Gasteiger partial charge in [0.25, 0.3) is 0 Å². The summed E-state index contributed by atoms with van der Waals surface area (Å²) in [6, 6.07) is 6.36. The smallest absolute Gasteiger partial charge is 0.0615 e. The van der Waals surface area contributed by atoms with E-state index in [0.717, 1.165) is 36.5 Å². The zero-order valence-electron chi connectivity index (χ0n) is 11.5. The number of ether oxygens (including phenoxy) is 1. The number of nitrogens with one attached hydrogen (secondary N) is 2. The van der Waals surface area contributed by atoms with Crippen LogP contribution in [0.4, 0.5) is 0 Å². The second-order valence-electron chi connectivity index (χ2n) is 4.83. The Morgan fingerprint density at radius 3 is 3.00 bits per heavy atom. The minimum absolute atomic E-state index is 0.409. The molecule has 1 aromatic carbocycles. The third-order valence-corrected chi connectivity index (χ3v) is 3.55. The molecule has 0 saturated carbocycles. The molecule has 0 bridgehead atoms. The van der Waals surface area contributed by atoms with E-state index in [1.54, 1.807) is 7.11 Å². The van der Waals surface area contributed by atoms with E-state index >= 15 is 0 Å². The second kappa shape index (κ2) is 6.94. The standard InChI is InChI=1S/C15H21ClN2O/c1-3-4-13(10-19-2)17-8-11-9-18-15-7-12(16)5-6-14(11)15/h5-7,9,13,17-18H,3-4,8,10H2,1-2H3. The summed E-state index contributed by atoms with van der Waals surface area (Å²) in [4.78, 5) is 3.26. The van der Waals surface area contributed by atoms with Gasteiger partial charge in [0.15, 0.2) is 0 Å². The van der Waals surface area contributed by atoms with Gasteiger partial charge in [-0.15, -0.1) is 0 Å². The normalized spacial score (nSPS) is 13.0. The molecule has 19 heavy (non-hydrogen) atoms. The number of benzene rings is 1. The van der Waals surface area contributed by atoms with Gasteiger partial charge in [-0.2, -0.15) is 0 Å². The number of aromatic amines is 1. The van der Waals surface area contributed by atoms with Crippen molar-refractivity contribution in [2.45, 2.75) is 32.4 Å². The summed E-state index contributed by atoms with van der Waals surface area (Å²) in [5.41, 5.74) is 2.35.